The van der Waals surface area contributed by atoms with Crippen molar-refractivity contribution in [1.29, 1.82) is 0 Å². The Balaban J connectivity index is 1.31. The second kappa shape index (κ2) is 13.9. The molecule has 1 heterocycles. The summed E-state index contributed by atoms with van der Waals surface area (Å²) in [6, 6.07) is 23.4. The SMILES string of the molecule is CCC(Sc1cccc(NC(=O)c2ccccc2C(=O)O)c1)C(=O)Nc1sc2c(c1C(=O)OC)CCC(c1ccccc1)C2. The minimum atomic E-state index is -1.19. The number of carboxylic acids is 1. The van der Waals surface area contributed by atoms with Crippen molar-refractivity contribution in [1.82, 2.24) is 0 Å². The second-order valence-electron chi connectivity index (χ2n) is 10.4. The first-order valence-corrected chi connectivity index (χ1v) is 16.0. The Morgan fingerprint density at radius 3 is 2.41 bits per heavy atom. The lowest BCUT2D eigenvalue weighted by atomic mass is 9.83. The second-order valence-corrected chi connectivity index (χ2v) is 12.8. The molecule has 2 unspecified atom stereocenters. The van der Waals surface area contributed by atoms with E-state index in [1.807, 2.05) is 31.2 Å². The highest BCUT2D eigenvalue weighted by atomic mass is 32.2. The van der Waals surface area contributed by atoms with Crippen LogP contribution in [0.4, 0.5) is 10.7 Å². The molecule has 0 spiro atoms. The van der Waals surface area contributed by atoms with E-state index in [4.69, 9.17) is 4.74 Å². The van der Waals surface area contributed by atoms with E-state index in [0.29, 0.717) is 28.6 Å². The summed E-state index contributed by atoms with van der Waals surface area (Å²) >= 11 is 2.79. The van der Waals surface area contributed by atoms with Crippen molar-refractivity contribution in [3.63, 3.8) is 0 Å². The summed E-state index contributed by atoms with van der Waals surface area (Å²) < 4.78 is 5.12. The summed E-state index contributed by atoms with van der Waals surface area (Å²) in [7, 11) is 1.35. The fraction of sp³-hybridized carbons (Fsp3) is 0.235. The van der Waals surface area contributed by atoms with Gasteiger partial charge in [-0.25, -0.2) is 9.59 Å². The Labute approximate surface area is 263 Å². The van der Waals surface area contributed by atoms with Crippen molar-refractivity contribution < 1.29 is 29.0 Å². The van der Waals surface area contributed by atoms with E-state index in [2.05, 4.69) is 22.8 Å². The molecule has 0 saturated heterocycles. The molecule has 0 bridgehead atoms. The highest BCUT2D eigenvalue weighted by molar-refractivity contribution is 8.00. The summed E-state index contributed by atoms with van der Waals surface area (Å²) in [6.45, 7) is 1.91. The van der Waals surface area contributed by atoms with Gasteiger partial charge in [0, 0.05) is 15.5 Å². The van der Waals surface area contributed by atoms with Crippen LogP contribution in [0, 0.1) is 0 Å². The van der Waals surface area contributed by atoms with Crippen molar-refractivity contribution >= 4 is 57.5 Å². The summed E-state index contributed by atoms with van der Waals surface area (Å²) in [6.07, 6.45) is 2.96. The third kappa shape index (κ3) is 6.87. The molecule has 0 fully saturated rings. The van der Waals surface area contributed by atoms with E-state index >= 15 is 0 Å². The number of carbonyl (C=O) groups is 4. The Morgan fingerprint density at radius 2 is 1.70 bits per heavy atom. The predicted molar refractivity (Wildman–Crippen MR) is 173 cm³/mol. The van der Waals surface area contributed by atoms with Crippen LogP contribution in [-0.4, -0.2) is 41.2 Å². The quantitative estimate of drug-likeness (QED) is 0.125. The largest absolute Gasteiger partial charge is 0.478 e. The lowest BCUT2D eigenvalue weighted by Gasteiger charge is -2.22. The molecule has 10 heteroatoms. The molecule has 4 aromatic rings. The number of esters is 1. The van der Waals surface area contributed by atoms with Crippen molar-refractivity contribution in [3.8, 4) is 0 Å². The molecule has 3 aromatic carbocycles. The van der Waals surface area contributed by atoms with Gasteiger partial charge in [-0.15, -0.1) is 23.1 Å². The number of hydrogen-bond acceptors (Lipinski definition) is 7. The fourth-order valence-corrected chi connectivity index (χ4v) is 7.73. The first-order valence-electron chi connectivity index (χ1n) is 14.3. The van der Waals surface area contributed by atoms with Crippen LogP contribution in [0.5, 0.6) is 0 Å². The maximum Gasteiger partial charge on any atom is 0.341 e. The van der Waals surface area contributed by atoms with E-state index in [1.54, 1.807) is 30.3 Å². The maximum atomic E-state index is 13.6. The molecule has 5 rings (SSSR count). The number of anilines is 2. The van der Waals surface area contributed by atoms with Crippen LogP contribution in [0.25, 0.3) is 0 Å². The molecular formula is C34H32N2O6S2. The Morgan fingerprint density at radius 1 is 0.977 bits per heavy atom. The zero-order chi connectivity index (χ0) is 31.2. The van der Waals surface area contributed by atoms with Crippen molar-refractivity contribution in [2.24, 2.45) is 0 Å². The van der Waals surface area contributed by atoms with Gasteiger partial charge in [0.1, 0.15) is 5.00 Å². The fourth-order valence-electron chi connectivity index (χ4n) is 5.39. The number of thioether (sulfide) groups is 1. The number of rotatable bonds is 10. The van der Waals surface area contributed by atoms with Gasteiger partial charge in [0.25, 0.3) is 5.91 Å². The average molecular weight is 629 g/mol. The molecular weight excluding hydrogens is 597 g/mol. The van der Waals surface area contributed by atoms with Crippen LogP contribution < -0.4 is 10.6 Å². The number of carbonyl (C=O) groups excluding carboxylic acids is 3. The van der Waals surface area contributed by atoms with Crippen molar-refractivity contribution in [2.45, 2.75) is 48.7 Å². The molecule has 2 atom stereocenters. The Bertz CT molecular complexity index is 1700. The molecule has 0 radical (unpaired) electrons. The van der Waals surface area contributed by atoms with Gasteiger partial charge in [-0.2, -0.15) is 0 Å². The summed E-state index contributed by atoms with van der Waals surface area (Å²) in [5.41, 5.74) is 3.11. The molecule has 226 valence electrons. The number of thiophene rings is 1. The number of carboxylic acid groups (broad SMARTS) is 1. The van der Waals surface area contributed by atoms with Crippen LogP contribution in [0.3, 0.4) is 0 Å². The van der Waals surface area contributed by atoms with E-state index in [-0.39, 0.29) is 17.0 Å². The standard InChI is InChI=1S/C34H32N2O6S2/c1-3-27(43-23-13-9-12-22(19-23)35-30(37)24-14-7-8-15-25(24)33(39)40)31(38)36-32-29(34(41)42-2)26-17-16-21(18-28(26)44-32)20-10-5-4-6-11-20/h4-15,19,21,27H,3,16-18H2,1-2H3,(H,35,37)(H,36,38)(H,39,40). The highest BCUT2D eigenvalue weighted by Gasteiger charge is 2.31. The lowest BCUT2D eigenvalue weighted by Crippen LogP contribution is -2.25. The normalized spacial score (nSPS) is 14.6. The Kier molecular flexibility index (Phi) is 9.82. The third-order valence-electron chi connectivity index (χ3n) is 7.60. The Hall–Kier alpha value is -4.41. The summed E-state index contributed by atoms with van der Waals surface area (Å²) in [5, 5.41) is 15.3. The van der Waals surface area contributed by atoms with E-state index < -0.39 is 23.1 Å². The molecule has 0 aliphatic heterocycles. The van der Waals surface area contributed by atoms with Crippen molar-refractivity contribution in [2.75, 3.05) is 17.7 Å². The van der Waals surface area contributed by atoms with Gasteiger partial charge in [0.05, 0.1) is 29.1 Å². The first kappa shape index (κ1) is 31.0. The third-order valence-corrected chi connectivity index (χ3v) is 10.1. The average Bonchev–Trinajstić information content (AvgIpc) is 3.40. The highest BCUT2D eigenvalue weighted by Crippen LogP contribution is 2.43. The number of nitrogens with one attached hydrogen (secondary N) is 2. The molecule has 1 aliphatic rings. The van der Waals surface area contributed by atoms with Gasteiger partial charge in [-0.05, 0) is 73.1 Å². The topological polar surface area (TPSA) is 122 Å². The molecule has 2 amide bonds. The van der Waals surface area contributed by atoms with Crippen LogP contribution >= 0.6 is 23.1 Å². The molecule has 1 aliphatic carbocycles. The maximum absolute atomic E-state index is 13.6. The van der Waals surface area contributed by atoms with E-state index in [0.717, 1.165) is 34.6 Å². The van der Waals surface area contributed by atoms with Crippen LogP contribution in [0.2, 0.25) is 0 Å². The van der Waals surface area contributed by atoms with Gasteiger partial charge >= 0.3 is 11.9 Å². The monoisotopic (exact) mass is 628 g/mol. The van der Waals surface area contributed by atoms with E-state index in [1.165, 1.54) is 47.9 Å². The number of benzene rings is 3. The summed E-state index contributed by atoms with van der Waals surface area (Å²) in [4.78, 5) is 52.7. The number of fused-ring (bicyclic) bond motifs is 1. The lowest BCUT2D eigenvalue weighted by molar-refractivity contribution is -0.115. The molecule has 0 saturated carbocycles. The zero-order valence-corrected chi connectivity index (χ0v) is 25.9. The van der Waals surface area contributed by atoms with Crippen LogP contribution in [0.15, 0.2) is 83.8 Å². The number of methoxy groups -OCH3 is 1. The molecule has 1 aromatic heterocycles. The predicted octanol–water partition coefficient (Wildman–Crippen LogP) is 7.27. The summed E-state index contributed by atoms with van der Waals surface area (Å²) in [5.74, 6) is -2.06. The van der Waals surface area contributed by atoms with Gasteiger partial charge < -0.3 is 20.5 Å². The molecule has 8 nitrogen and oxygen atoms in total. The minimum absolute atomic E-state index is 0.0546. The molecule has 44 heavy (non-hydrogen) atoms. The van der Waals surface area contributed by atoms with E-state index in [9.17, 15) is 24.3 Å². The number of ether oxygens (including phenoxy) is 1. The van der Waals surface area contributed by atoms with Gasteiger partial charge in [-0.3, -0.25) is 9.59 Å². The van der Waals surface area contributed by atoms with Crippen molar-refractivity contribution in [3.05, 3.63) is 112 Å². The zero-order valence-electron chi connectivity index (χ0n) is 24.3. The number of amides is 2. The minimum Gasteiger partial charge on any atom is -0.478 e. The first-order chi connectivity index (χ1) is 21.3. The van der Waals surface area contributed by atoms with Gasteiger partial charge in [-0.1, -0.05) is 55.5 Å². The number of hydrogen-bond donors (Lipinski definition) is 3. The van der Waals surface area contributed by atoms with Crippen LogP contribution in [-0.2, 0) is 22.4 Å². The smallest absolute Gasteiger partial charge is 0.341 e. The van der Waals surface area contributed by atoms with Gasteiger partial charge in [0.2, 0.25) is 5.91 Å². The molecule has 3 N–H and O–H groups in total. The van der Waals surface area contributed by atoms with Crippen LogP contribution in [0.1, 0.15) is 72.8 Å². The number of aromatic carboxylic acids is 1. The van der Waals surface area contributed by atoms with Gasteiger partial charge in [0.15, 0.2) is 0 Å².